The van der Waals surface area contributed by atoms with Crippen LogP contribution in [0.25, 0.3) is 0 Å². The number of carbonyl (C=O) groups excluding carboxylic acids is 2. The molecule has 3 aromatic rings. The van der Waals surface area contributed by atoms with Crippen LogP contribution < -0.4 is 10.6 Å². The van der Waals surface area contributed by atoms with Crippen LogP contribution in [0.15, 0.2) is 66.7 Å². The topological polar surface area (TPSA) is 58.2 Å². The van der Waals surface area contributed by atoms with Gasteiger partial charge in [-0.25, -0.2) is 8.78 Å². The maximum absolute atomic E-state index is 13.3. The van der Waals surface area contributed by atoms with Crippen molar-refractivity contribution in [1.29, 1.82) is 0 Å². The van der Waals surface area contributed by atoms with Crippen molar-refractivity contribution < 1.29 is 18.4 Å². The van der Waals surface area contributed by atoms with Gasteiger partial charge >= 0.3 is 0 Å². The summed E-state index contributed by atoms with van der Waals surface area (Å²) < 4.78 is 26.3. The van der Waals surface area contributed by atoms with Crippen molar-refractivity contribution in [2.45, 2.75) is 13.5 Å². The molecule has 0 heterocycles. The lowest BCUT2D eigenvalue weighted by Gasteiger charge is -2.09. The SMILES string of the molecule is Cc1cccc(CNC(=O)c2cccc(C(=O)Nc3ccc(F)c(F)c3)c2)c1. The second kappa shape index (κ2) is 8.43. The van der Waals surface area contributed by atoms with E-state index in [2.05, 4.69) is 10.6 Å². The van der Waals surface area contributed by atoms with Crippen LogP contribution in [0.3, 0.4) is 0 Å². The molecule has 0 aromatic heterocycles. The summed E-state index contributed by atoms with van der Waals surface area (Å²) in [4.78, 5) is 24.7. The third kappa shape index (κ3) is 4.79. The van der Waals surface area contributed by atoms with Gasteiger partial charge in [-0.3, -0.25) is 9.59 Å². The molecule has 0 aliphatic rings. The molecule has 4 nitrogen and oxygen atoms in total. The summed E-state index contributed by atoms with van der Waals surface area (Å²) in [5.74, 6) is -2.89. The minimum absolute atomic E-state index is 0.123. The van der Waals surface area contributed by atoms with E-state index in [9.17, 15) is 18.4 Å². The first-order valence-electron chi connectivity index (χ1n) is 8.62. The molecule has 3 rings (SSSR count). The molecule has 2 N–H and O–H groups in total. The molecule has 6 heteroatoms. The first-order chi connectivity index (χ1) is 13.4. The zero-order valence-corrected chi connectivity index (χ0v) is 15.1. The number of hydrogen-bond acceptors (Lipinski definition) is 2. The van der Waals surface area contributed by atoms with Crippen molar-refractivity contribution in [3.8, 4) is 0 Å². The number of hydrogen-bond donors (Lipinski definition) is 2. The highest BCUT2D eigenvalue weighted by Crippen LogP contribution is 2.15. The lowest BCUT2D eigenvalue weighted by molar-refractivity contribution is 0.0951. The Balaban J connectivity index is 1.67. The number of benzene rings is 3. The predicted octanol–water partition coefficient (Wildman–Crippen LogP) is 4.46. The smallest absolute Gasteiger partial charge is 0.255 e. The number of amides is 2. The maximum atomic E-state index is 13.3. The Labute approximate surface area is 161 Å². The van der Waals surface area contributed by atoms with E-state index in [1.807, 2.05) is 31.2 Å². The molecule has 0 atom stereocenters. The Morgan fingerprint density at radius 1 is 0.821 bits per heavy atom. The molecule has 0 fully saturated rings. The molecular formula is C22H18F2N2O2. The highest BCUT2D eigenvalue weighted by atomic mass is 19.2. The Morgan fingerprint density at radius 2 is 1.54 bits per heavy atom. The molecule has 3 aromatic carbocycles. The summed E-state index contributed by atoms with van der Waals surface area (Å²) in [6, 6.07) is 17.0. The summed E-state index contributed by atoms with van der Waals surface area (Å²) in [6.07, 6.45) is 0. The van der Waals surface area contributed by atoms with Crippen molar-refractivity contribution in [1.82, 2.24) is 5.32 Å². The van der Waals surface area contributed by atoms with Gasteiger partial charge in [0.05, 0.1) is 0 Å². The normalized spacial score (nSPS) is 10.4. The summed E-state index contributed by atoms with van der Waals surface area (Å²) in [6.45, 7) is 2.34. The van der Waals surface area contributed by atoms with Gasteiger partial charge in [0.15, 0.2) is 11.6 Å². The summed E-state index contributed by atoms with van der Waals surface area (Å²) in [5.41, 5.74) is 2.75. The first-order valence-corrected chi connectivity index (χ1v) is 8.62. The first kappa shape index (κ1) is 19.2. The highest BCUT2D eigenvalue weighted by Gasteiger charge is 2.12. The fourth-order valence-corrected chi connectivity index (χ4v) is 2.69. The molecule has 0 aliphatic carbocycles. The second-order valence-electron chi connectivity index (χ2n) is 6.34. The number of carbonyl (C=O) groups is 2. The van der Waals surface area contributed by atoms with Crippen molar-refractivity contribution in [2.75, 3.05) is 5.32 Å². The number of rotatable bonds is 5. The zero-order valence-electron chi connectivity index (χ0n) is 15.1. The molecular weight excluding hydrogens is 362 g/mol. The van der Waals surface area contributed by atoms with Crippen LogP contribution in [0.2, 0.25) is 0 Å². The summed E-state index contributed by atoms with van der Waals surface area (Å²) >= 11 is 0. The Morgan fingerprint density at radius 3 is 2.25 bits per heavy atom. The largest absolute Gasteiger partial charge is 0.348 e. The van der Waals surface area contributed by atoms with Gasteiger partial charge in [-0.15, -0.1) is 0 Å². The van der Waals surface area contributed by atoms with Gasteiger partial charge in [-0.05, 0) is 42.8 Å². The van der Waals surface area contributed by atoms with Crippen molar-refractivity contribution in [2.24, 2.45) is 0 Å². The average molecular weight is 380 g/mol. The molecule has 2 amide bonds. The molecule has 0 saturated carbocycles. The van der Waals surface area contributed by atoms with Crippen LogP contribution in [-0.4, -0.2) is 11.8 Å². The molecule has 28 heavy (non-hydrogen) atoms. The molecule has 0 unspecified atom stereocenters. The highest BCUT2D eigenvalue weighted by molar-refractivity contribution is 6.06. The molecule has 0 saturated heterocycles. The van der Waals surface area contributed by atoms with Crippen LogP contribution in [0.5, 0.6) is 0 Å². The van der Waals surface area contributed by atoms with Gasteiger partial charge in [-0.1, -0.05) is 35.9 Å². The van der Waals surface area contributed by atoms with E-state index in [0.29, 0.717) is 12.1 Å². The van der Waals surface area contributed by atoms with E-state index in [0.717, 1.165) is 23.3 Å². The Hall–Kier alpha value is -3.54. The summed E-state index contributed by atoms with van der Waals surface area (Å²) in [5, 5.41) is 5.29. The van der Waals surface area contributed by atoms with Crippen LogP contribution >= 0.6 is 0 Å². The van der Waals surface area contributed by atoms with Gasteiger partial charge in [0.25, 0.3) is 11.8 Å². The summed E-state index contributed by atoms with van der Waals surface area (Å²) in [7, 11) is 0. The van der Waals surface area contributed by atoms with E-state index in [4.69, 9.17) is 0 Å². The van der Waals surface area contributed by atoms with Crippen molar-refractivity contribution >= 4 is 17.5 Å². The minimum Gasteiger partial charge on any atom is -0.348 e. The van der Waals surface area contributed by atoms with Gasteiger partial charge in [0, 0.05) is 29.4 Å². The van der Waals surface area contributed by atoms with Gasteiger partial charge in [-0.2, -0.15) is 0 Å². The molecule has 0 spiro atoms. The third-order valence-corrected chi connectivity index (χ3v) is 4.10. The Bertz CT molecular complexity index is 1030. The number of aryl methyl sites for hydroxylation is 1. The quantitative estimate of drug-likeness (QED) is 0.687. The molecule has 0 bridgehead atoms. The average Bonchev–Trinajstić information content (AvgIpc) is 2.69. The van der Waals surface area contributed by atoms with Gasteiger partial charge in [0.1, 0.15) is 0 Å². The lowest BCUT2D eigenvalue weighted by Crippen LogP contribution is -2.23. The zero-order chi connectivity index (χ0) is 20.1. The van der Waals surface area contributed by atoms with E-state index < -0.39 is 17.5 Å². The predicted molar refractivity (Wildman–Crippen MR) is 103 cm³/mol. The fourth-order valence-electron chi connectivity index (χ4n) is 2.69. The molecule has 0 radical (unpaired) electrons. The second-order valence-corrected chi connectivity index (χ2v) is 6.34. The van der Waals surface area contributed by atoms with Crippen LogP contribution in [0.1, 0.15) is 31.8 Å². The van der Waals surface area contributed by atoms with Gasteiger partial charge < -0.3 is 10.6 Å². The number of anilines is 1. The van der Waals surface area contributed by atoms with Crippen molar-refractivity contribution in [3.63, 3.8) is 0 Å². The number of nitrogens with one attached hydrogen (secondary N) is 2. The third-order valence-electron chi connectivity index (χ3n) is 4.10. The number of halogens is 2. The lowest BCUT2D eigenvalue weighted by atomic mass is 10.1. The van der Waals surface area contributed by atoms with Crippen LogP contribution in [-0.2, 0) is 6.54 Å². The van der Waals surface area contributed by atoms with Crippen LogP contribution in [0, 0.1) is 18.6 Å². The van der Waals surface area contributed by atoms with Crippen molar-refractivity contribution in [3.05, 3.63) is 101 Å². The van der Waals surface area contributed by atoms with Crippen LogP contribution in [0.4, 0.5) is 14.5 Å². The standard InChI is InChI=1S/C22H18F2N2O2/c1-14-4-2-5-15(10-14)13-25-21(27)16-6-3-7-17(11-16)22(28)26-18-8-9-19(23)20(24)12-18/h2-12H,13H2,1H3,(H,25,27)(H,26,28). The monoisotopic (exact) mass is 380 g/mol. The van der Waals surface area contributed by atoms with Gasteiger partial charge in [0.2, 0.25) is 0 Å². The van der Waals surface area contributed by atoms with E-state index in [1.54, 1.807) is 12.1 Å². The van der Waals surface area contributed by atoms with E-state index in [-0.39, 0.29) is 17.2 Å². The van der Waals surface area contributed by atoms with E-state index in [1.165, 1.54) is 18.2 Å². The Kier molecular flexibility index (Phi) is 5.79. The molecule has 0 aliphatic heterocycles. The maximum Gasteiger partial charge on any atom is 0.255 e. The molecule has 142 valence electrons. The fraction of sp³-hybridized carbons (Fsp3) is 0.0909. The minimum atomic E-state index is -1.05. The van der Waals surface area contributed by atoms with E-state index >= 15 is 0 Å².